The number of amides is 1. The van der Waals surface area contributed by atoms with E-state index in [2.05, 4.69) is 16.0 Å². The number of nitro groups is 1. The van der Waals surface area contributed by atoms with E-state index in [1.807, 2.05) is 0 Å². The Morgan fingerprint density at radius 3 is 2.58 bits per heavy atom. The number of nitrogens with zero attached hydrogens (tertiary/aromatic N) is 1. The highest BCUT2D eigenvalue weighted by Gasteiger charge is 2.28. The number of nitrogens with one attached hydrogen (secondary N) is 3. The number of nitro benzene ring substituents is 1. The van der Waals surface area contributed by atoms with E-state index >= 15 is 0 Å². The van der Waals surface area contributed by atoms with Crippen molar-refractivity contribution < 1.29 is 29.8 Å². The second-order valence-electron chi connectivity index (χ2n) is 5.72. The second kappa shape index (κ2) is 7.95. The van der Waals surface area contributed by atoms with Gasteiger partial charge in [-0.05, 0) is 6.42 Å². The molecule has 12 heteroatoms. The number of hydrogen-bond donors (Lipinski definition) is 7. The Balaban J connectivity index is 2.16. The lowest BCUT2D eigenvalue weighted by Gasteiger charge is -2.31. The summed E-state index contributed by atoms with van der Waals surface area (Å²) in [6.07, 6.45) is -3.04. The van der Waals surface area contributed by atoms with Crippen molar-refractivity contribution in [3.63, 3.8) is 0 Å². The third kappa shape index (κ3) is 4.56. The van der Waals surface area contributed by atoms with Crippen molar-refractivity contribution in [3.8, 4) is 0 Å². The van der Waals surface area contributed by atoms with E-state index in [-0.39, 0.29) is 42.0 Å². The van der Waals surface area contributed by atoms with Crippen LogP contribution in [0.2, 0.25) is 0 Å². The lowest BCUT2D eigenvalue weighted by molar-refractivity contribution is -0.384. The Morgan fingerprint density at radius 2 is 1.96 bits per heavy atom. The van der Waals surface area contributed by atoms with Crippen LogP contribution in [0.15, 0.2) is 12.1 Å². The Morgan fingerprint density at radius 1 is 1.31 bits per heavy atom. The molecule has 0 saturated carbocycles. The van der Waals surface area contributed by atoms with Crippen LogP contribution < -0.4 is 21.7 Å². The smallest absolute Gasteiger partial charge is 0.303 e. The topological polar surface area (TPSA) is 200 Å². The standard InChI is InChI=1S/C14H19N5O7/c15-8(1-2-10(20)21)12(22)16-5-6-3-7(19(25)26)4-9-11(6)18-14(24)13(23)17-9/h3-4,8,13-14,17-18,23-24H,1-2,5,15H2,(H,16,22)(H,20,21). The second-order valence-corrected chi connectivity index (χ2v) is 5.72. The molecule has 1 aliphatic heterocycles. The number of rotatable bonds is 7. The molecule has 0 bridgehead atoms. The fourth-order valence-corrected chi connectivity index (χ4v) is 2.40. The van der Waals surface area contributed by atoms with Crippen molar-refractivity contribution in [3.05, 3.63) is 27.8 Å². The molecule has 0 spiro atoms. The molecule has 0 fully saturated rings. The summed E-state index contributed by atoms with van der Waals surface area (Å²) >= 11 is 0. The van der Waals surface area contributed by atoms with Crippen molar-refractivity contribution in [1.82, 2.24) is 5.32 Å². The molecule has 0 radical (unpaired) electrons. The molecular weight excluding hydrogens is 350 g/mol. The van der Waals surface area contributed by atoms with Crippen LogP contribution in [0.3, 0.4) is 0 Å². The van der Waals surface area contributed by atoms with E-state index in [4.69, 9.17) is 10.8 Å². The lowest BCUT2D eigenvalue weighted by Crippen LogP contribution is -2.44. The quantitative estimate of drug-likeness (QED) is 0.228. The Hall–Kier alpha value is -2.96. The van der Waals surface area contributed by atoms with E-state index < -0.39 is 35.3 Å². The molecule has 0 saturated heterocycles. The molecule has 1 heterocycles. The molecule has 12 nitrogen and oxygen atoms in total. The molecule has 1 aliphatic rings. The highest BCUT2D eigenvalue weighted by Crippen LogP contribution is 2.35. The van der Waals surface area contributed by atoms with Crippen LogP contribution in [0.25, 0.3) is 0 Å². The molecule has 0 aromatic heterocycles. The first kappa shape index (κ1) is 19.4. The summed E-state index contributed by atoms with van der Waals surface area (Å²) in [6, 6.07) is 1.35. The minimum Gasteiger partial charge on any atom is -0.481 e. The number of carbonyl (C=O) groups excluding carboxylic acids is 1. The molecular formula is C14H19N5O7. The maximum Gasteiger partial charge on any atom is 0.303 e. The predicted octanol–water partition coefficient (Wildman–Crippen LogP) is -1.12. The van der Waals surface area contributed by atoms with Gasteiger partial charge in [0.05, 0.1) is 22.3 Å². The summed E-state index contributed by atoms with van der Waals surface area (Å²) in [7, 11) is 0. The van der Waals surface area contributed by atoms with Gasteiger partial charge in [-0.2, -0.15) is 0 Å². The van der Waals surface area contributed by atoms with Gasteiger partial charge in [0.2, 0.25) is 5.91 Å². The number of aliphatic hydroxyl groups is 2. The number of non-ortho nitro benzene ring substituents is 1. The van der Waals surface area contributed by atoms with Gasteiger partial charge in [-0.3, -0.25) is 19.7 Å². The lowest BCUT2D eigenvalue weighted by atomic mass is 10.1. The summed E-state index contributed by atoms with van der Waals surface area (Å²) in [4.78, 5) is 32.9. The first-order valence-electron chi connectivity index (χ1n) is 7.64. The third-order valence-corrected chi connectivity index (χ3v) is 3.77. The van der Waals surface area contributed by atoms with Gasteiger partial charge in [0, 0.05) is 30.7 Å². The van der Waals surface area contributed by atoms with Crippen LogP contribution in [0.4, 0.5) is 17.1 Å². The van der Waals surface area contributed by atoms with E-state index in [9.17, 15) is 29.9 Å². The van der Waals surface area contributed by atoms with Crippen LogP contribution in [0.5, 0.6) is 0 Å². The van der Waals surface area contributed by atoms with E-state index in [0.717, 1.165) is 0 Å². The monoisotopic (exact) mass is 369 g/mol. The maximum absolute atomic E-state index is 11.9. The van der Waals surface area contributed by atoms with Crippen molar-refractivity contribution >= 4 is 28.9 Å². The molecule has 3 atom stereocenters. The number of carboxylic acids is 1. The molecule has 26 heavy (non-hydrogen) atoms. The number of hydrogen-bond acceptors (Lipinski definition) is 9. The largest absolute Gasteiger partial charge is 0.481 e. The van der Waals surface area contributed by atoms with Crippen LogP contribution in [0, 0.1) is 10.1 Å². The van der Waals surface area contributed by atoms with E-state index in [0.29, 0.717) is 0 Å². The number of carbonyl (C=O) groups is 2. The molecule has 2 rings (SSSR count). The number of nitrogens with two attached hydrogens (primary N) is 1. The van der Waals surface area contributed by atoms with Gasteiger partial charge < -0.3 is 37.0 Å². The zero-order valence-corrected chi connectivity index (χ0v) is 13.5. The molecule has 1 amide bonds. The van der Waals surface area contributed by atoms with E-state index in [1.54, 1.807) is 0 Å². The number of benzene rings is 1. The maximum atomic E-state index is 11.9. The fourth-order valence-electron chi connectivity index (χ4n) is 2.40. The summed E-state index contributed by atoms with van der Waals surface area (Å²) in [5, 5.41) is 46.6. The van der Waals surface area contributed by atoms with Crippen molar-refractivity contribution in [2.24, 2.45) is 5.73 Å². The summed E-state index contributed by atoms with van der Waals surface area (Å²) in [5.41, 5.74) is 6.08. The zero-order chi connectivity index (χ0) is 19.4. The normalized spacial score (nSPS) is 19.5. The Bertz CT molecular complexity index is 726. The molecule has 142 valence electrons. The fraction of sp³-hybridized carbons (Fsp3) is 0.429. The molecule has 1 aromatic carbocycles. The van der Waals surface area contributed by atoms with Crippen molar-refractivity contribution in [2.45, 2.75) is 37.9 Å². The van der Waals surface area contributed by atoms with Crippen LogP contribution >= 0.6 is 0 Å². The highest BCUT2D eigenvalue weighted by atomic mass is 16.6. The SMILES string of the molecule is NC(CCC(=O)O)C(=O)NCc1cc([N+](=O)[O-])cc2c1NC(O)C(O)N2. The first-order valence-corrected chi connectivity index (χ1v) is 7.64. The summed E-state index contributed by atoms with van der Waals surface area (Å²) in [5.74, 6) is -1.69. The van der Waals surface area contributed by atoms with E-state index in [1.165, 1.54) is 12.1 Å². The van der Waals surface area contributed by atoms with Gasteiger partial charge in [0.25, 0.3) is 5.69 Å². The summed E-state index contributed by atoms with van der Waals surface area (Å²) in [6.45, 7) is -0.152. The molecule has 3 unspecified atom stereocenters. The number of anilines is 2. The molecule has 8 N–H and O–H groups in total. The van der Waals surface area contributed by atoms with Gasteiger partial charge in [0.1, 0.15) is 0 Å². The zero-order valence-electron chi connectivity index (χ0n) is 13.5. The van der Waals surface area contributed by atoms with Gasteiger partial charge >= 0.3 is 5.97 Å². The summed E-state index contributed by atoms with van der Waals surface area (Å²) < 4.78 is 0. The number of aliphatic hydroxyl groups excluding tert-OH is 2. The van der Waals surface area contributed by atoms with Crippen LogP contribution in [-0.2, 0) is 16.1 Å². The van der Waals surface area contributed by atoms with Gasteiger partial charge in [-0.25, -0.2) is 0 Å². The van der Waals surface area contributed by atoms with Gasteiger partial charge in [-0.15, -0.1) is 0 Å². The first-order chi connectivity index (χ1) is 12.2. The number of aliphatic carboxylic acids is 1. The number of carboxylic acid groups (broad SMARTS) is 1. The van der Waals surface area contributed by atoms with Gasteiger partial charge in [0.15, 0.2) is 12.5 Å². The average molecular weight is 369 g/mol. The average Bonchev–Trinajstić information content (AvgIpc) is 2.58. The third-order valence-electron chi connectivity index (χ3n) is 3.77. The Kier molecular flexibility index (Phi) is 5.92. The number of fused-ring (bicyclic) bond motifs is 1. The molecule has 0 aliphatic carbocycles. The van der Waals surface area contributed by atoms with Crippen LogP contribution in [-0.4, -0.2) is 50.6 Å². The van der Waals surface area contributed by atoms with Crippen molar-refractivity contribution in [2.75, 3.05) is 10.6 Å². The Labute approximate surface area is 147 Å². The minimum absolute atomic E-state index is 0.0566. The highest BCUT2D eigenvalue weighted by molar-refractivity contribution is 5.83. The molecule has 1 aromatic rings. The minimum atomic E-state index is -1.36. The van der Waals surface area contributed by atoms with Crippen LogP contribution in [0.1, 0.15) is 18.4 Å². The van der Waals surface area contributed by atoms with Gasteiger partial charge in [-0.1, -0.05) is 0 Å². The van der Waals surface area contributed by atoms with Crippen molar-refractivity contribution in [1.29, 1.82) is 0 Å². The predicted molar refractivity (Wildman–Crippen MR) is 89.0 cm³/mol.